The third-order valence-corrected chi connectivity index (χ3v) is 3.30. The van der Waals surface area contributed by atoms with E-state index in [-0.39, 0.29) is 6.04 Å². The van der Waals surface area contributed by atoms with Gasteiger partial charge in [-0.1, -0.05) is 36.4 Å². The fourth-order valence-electron chi connectivity index (χ4n) is 2.22. The van der Waals surface area contributed by atoms with Crippen LogP contribution < -0.4 is 5.32 Å². The van der Waals surface area contributed by atoms with Gasteiger partial charge in [0.15, 0.2) is 0 Å². The molecule has 102 valence electrons. The summed E-state index contributed by atoms with van der Waals surface area (Å²) in [5, 5.41) is 15.7. The average molecular weight is 259 g/mol. The van der Waals surface area contributed by atoms with E-state index in [1.54, 1.807) is 0 Å². The maximum Gasteiger partial charge on any atom is 0.128 e. The van der Waals surface area contributed by atoms with Gasteiger partial charge in [-0.25, -0.2) is 0 Å². The van der Waals surface area contributed by atoms with Crippen LogP contribution in [0.2, 0.25) is 0 Å². The van der Waals surface area contributed by atoms with Crippen molar-refractivity contribution in [1.29, 1.82) is 0 Å². The molecule has 0 saturated carbocycles. The van der Waals surface area contributed by atoms with Crippen molar-refractivity contribution in [3.8, 4) is 5.75 Å². The van der Waals surface area contributed by atoms with Crippen LogP contribution in [0, 0.1) is 0 Å². The molecule has 0 heterocycles. The summed E-state index contributed by atoms with van der Waals surface area (Å²) in [4.78, 5) is 0. The smallest absolute Gasteiger partial charge is 0.128 e. The second-order valence-corrected chi connectivity index (χ2v) is 4.60. The summed E-state index contributed by atoms with van der Waals surface area (Å²) < 4.78 is 5.30. The standard InChI is InChI=1S/C16H21NO2/c1-3-19-11-10-17-12(2)14-9-8-13-6-4-5-7-15(13)16(14)18/h4-9,12,17-18H,3,10-11H2,1-2H3. The summed E-state index contributed by atoms with van der Waals surface area (Å²) in [5.74, 6) is 0.370. The molecule has 3 nitrogen and oxygen atoms in total. The Balaban J connectivity index is 2.13. The Morgan fingerprint density at radius 3 is 2.79 bits per heavy atom. The minimum Gasteiger partial charge on any atom is -0.507 e. The third-order valence-electron chi connectivity index (χ3n) is 3.30. The summed E-state index contributed by atoms with van der Waals surface area (Å²) >= 11 is 0. The summed E-state index contributed by atoms with van der Waals surface area (Å²) in [6, 6.07) is 12.0. The highest BCUT2D eigenvalue weighted by Crippen LogP contribution is 2.32. The Bertz CT molecular complexity index is 539. The maximum absolute atomic E-state index is 10.4. The van der Waals surface area contributed by atoms with Crippen LogP contribution in [0.25, 0.3) is 10.8 Å². The van der Waals surface area contributed by atoms with Crippen molar-refractivity contribution in [1.82, 2.24) is 5.32 Å². The molecule has 2 aromatic carbocycles. The zero-order valence-electron chi connectivity index (χ0n) is 11.5. The lowest BCUT2D eigenvalue weighted by molar-refractivity contribution is 0.147. The Labute approximate surface area is 114 Å². The van der Waals surface area contributed by atoms with Crippen molar-refractivity contribution < 1.29 is 9.84 Å². The van der Waals surface area contributed by atoms with Crippen LogP contribution in [-0.4, -0.2) is 24.9 Å². The molecule has 0 fully saturated rings. The number of phenolic OH excluding ortho intramolecular Hbond substituents is 1. The minimum atomic E-state index is 0.102. The van der Waals surface area contributed by atoms with Crippen molar-refractivity contribution in [2.45, 2.75) is 19.9 Å². The SMILES string of the molecule is CCOCCNC(C)c1ccc2ccccc2c1O. The topological polar surface area (TPSA) is 41.5 Å². The fraction of sp³-hybridized carbons (Fsp3) is 0.375. The first-order valence-corrected chi connectivity index (χ1v) is 6.75. The Morgan fingerprint density at radius 2 is 2.00 bits per heavy atom. The van der Waals surface area contributed by atoms with E-state index in [4.69, 9.17) is 4.74 Å². The molecule has 0 aliphatic rings. The highest BCUT2D eigenvalue weighted by Gasteiger charge is 2.12. The van der Waals surface area contributed by atoms with Crippen LogP contribution >= 0.6 is 0 Å². The number of aromatic hydroxyl groups is 1. The first-order valence-electron chi connectivity index (χ1n) is 6.75. The molecule has 0 aliphatic carbocycles. The van der Waals surface area contributed by atoms with Crippen LogP contribution in [0.3, 0.4) is 0 Å². The first kappa shape index (κ1) is 13.8. The van der Waals surface area contributed by atoms with E-state index < -0.39 is 0 Å². The molecule has 0 spiro atoms. The number of fused-ring (bicyclic) bond motifs is 1. The average Bonchev–Trinajstić information content (AvgIpc) is 2.44. The molecule has 2 aromatic rings. The van der Waals surface area contributed by atoms with Crippen LogP contribution in [0.5, 0.6) is 5.75 Å². The van der Waals surface area contributed by atoms with E-state index in [0.717, 1.165) is 29.5 Å². The van der Waals surface area contributed by atoms with Crippen LogP contribution in [0.1, 0.15) is 25.5 Å². The normalized spacial score (nSPS) is 12.7. The molecule has 0 aliphatic heterocycles. The molecular weight excluding hydrogens is 238 g/mol. The summed E-state index contributed by atoms with van der Waals surface area (Å²) in [6.07, 6.45) is 0. The number of benzene rings is 2. The zero-order valence-corrected chi connectivity index (χ0v) is 11.5. The lowest BCUT2D eigenvalue weighted by Crippen LogP contribution is -2.23. The van der Waals surface area contributed by atoms with Gasteiger partial charge in [0.2, 0.25) is 0 Å². The Morgan fingerprint density at radius 1 is 1.21 bits per heavy atom. The van der Waals surface area contributed by atoms with Gasteiger partial charge in [0.25, 0.3) is 0 Å². The maximum atomic E-state index is 10.4. The number of hydrogen-bond donors (Lipinski definition) is 2. The number of ether oxygens (including phenoxy) is 1. The fourth-order valence-corrected chi connectivity index (χ4v) is 2.22. The number of hydrogen-bond acceptors (Lipinski definition) is 3. The molecule has 1 atom stereocenters. The molecule has 2 N–H and O–H groups in total. The molecule has 0 aromatic heterocycles. The predicted octanol–water partition coefficient (Wildman–Crippen LogP) is 3.23. The predicted molar refractivity (Wildman–Crippen MR) is 78.5 cm³/mol. The van der Waals surface area contributed by atoms with Crippen molar-refractivity contribution in [3.05, 3.63) is 42.0 Å². The second-order valence-electron chi connectivity index (χ2n) is 4.60. The van der Waals surface area contributed by atoms with E-state index in [1.807, 2.05) is 43.3 Å². The van der Waals surface area contributed by atoms with Crippen LogP contribution in [0.15, 0.2) is 36.4 Å². The van der Waals surface area contributed by atoms with Gasteiger partial charge in [-0.05, 0) is 19.2 Å². The third kappa shape index (κ3) is 3.25. The van der Waals surface area contributed by atoms with Crippen molar-refractivity contribution in [3.63, 3.8) is 0 Å². The largest absolute Gasteiger partial charge is 0.507 e. The van der Waals surface area contributed by atoms with Gasteiger partial charge < -0.3 is 15.2 Å². The second kappa shape index (κ2) is 6.55. The van der Waals surface area contributed by atoms with E-state index >= 15 is 0 Å². The van der Waals surface area contributed by atoms with Gasteiger partial charge in [-0.3, -0.25) is 0 Å². The van der Waals surface area contributed by atoms with Crippen LogP contribution in [-0.2, 0) is 4.74 Å². The van der Waals surface area contributed by atoms with E-state index in [9.17, 15) is 5.11 Å². The molecule has 19 heavy (non-hydrogen) atoms. The van der Waals surface area contributed by atoms with Crippen molar-refractivity contribution in [2.75, 3.05) is 19.8 Å². The van der Waals surface area contributed by atoms with Gasteiger partial charge in [0, 0.05) is 30.1 Å². The Hall–Kier alpha value is -1.58. The molecule has 1 unspecified atom stereocenters. The highest BCUT2D eigenvalue weighted by molar-refractivity contribution is 5.89. The van der Waals surface area contributed by atoms with E-state index in [1.165, 1.54) is 0 Å². The highest BCUT2D eigenvalue weighted by atomic mass is 16.5. The first-order chi connectivity index (χ1) is 9.24. The van der Waals surface area contributed by atoms with Gasteiger partial charge in [-0.15, -0.1) is 0 Å². The lowest BCUT2D eigenvalue weighted by atomic mass is 10.0. The molecule has 0 amide bonds. The summed E-state index contributed by atoms with van der Waals surface area (Å²) in [7, 11) is 0. The van der Waals surface area contributed by atoms with E-state index in [0.29, 0.717) is 12.4 Å². The van der Waals surface area contributed by atoms with Crippen LogP contribution in [0.4, 0.5) is 0 Å². The Kier molecular flexibility index (Phi) is 4.77. The molecule has 2 rings (SSSR count). The summed E-state index contributed by atoms with van der Waals surface area (Å²) in [5.41, 5.74) is 0.926. The molecule has 0 bridgehead atoms. The van der Waals surface area contributed by atoms with Crippen molar-refractivity contribution in [2.24, 2.45) is 0 Å². The number of rotatable bonds is 6. The monoisotopic (exact) mass is 259 g/mol. The molecule has 3 heteroatoms. The quantitative estimate of drug-likeness (QED) is 0.783. The minimum absolute atomic E-state index is 0.102. The number of phenols is 1. The molecule has 0 radical (unpaired) electrons. The summed E-state index contributed by atoms with van der Waals surface area (Å²) in [6.45, 7) is 6.24. The van der Waals surface area contributed by atoms with E-state index in [2.05, 4.69) is 12.2 Å². The lowest BCUT2D eigenvalue weighted by Gasteiger charge is -2.16. The number of nitrogens with one attached hydrogen (secondary N) is 1. The van der Waals surface area contributed by atoms with Gasteiger partial charge >= 0.3 is 0 Å². The van der Waals surface area contributed by atoms with Gasteiger partial charge in [0.1, 0.15) is 5.75 Å². The molecular formula is C16H21NO2. The zero-order chi connectivity index (χ0) is 13.7. The van der Waals surface area contributed by atoms with Gasteiger partial charge in [0.05, 0.1) is 6.61 Å². The van der Waals surface area contributed by atoms with Gasteiger partial charge in [-0.2, -0.15) is 0 Å². The molecule has 0 saturated heterocycles. The van der Waals surface area contributed by atoms with Crippen molar-refractivity contribution >= 4 is 10.8 Å².